The minimum absolute atomic E-state index is 0.110. The predicted octanol–water partition coefficient (Wildman–Crippen LogP) is 2.78. The van der Waals surface area contributed by atoms with Gasteiger partial charge < -0.3 is 15.7 Å². The maximum absolute atomic E-state index is 11.6. The maximum atomic E-state index is 11.6. The van der Waals surface area contributed by atoms with E-state index in [1.807, 2.05) is 0 Å². The minimum atomic E-state index is -0.174. The zero-order valence-corrected chi connectivity index (χ0v) is 11.2. The van der Waals surface area contributed by atoms with Crippen LogP contribution in [0.25, 0.3) is 0 Å². The Balaban J connectivity index is 1.85. The van der Waals surface area contributed by atoms with Gasteiger partial charge in [-0.1, -0.05) is 23.2 Å². The highest BCUT2D eigenvalue weighted by molar-refractivity contribution is 6.37. The van der Waals surface area contributed by atoms with Crippen LogP contribution in [0.3, 0.4) is 0 Å². The number of phenols is 1. The number of hydrogen-bond acceptors (Lipinski definition) is 3. The summed E-state index contributed by atoms with van der Waals surface area (Å²) in [5.41, 5.74) is 0.485. The van der Waals surface area contributed by atoms with Crippen molar-refractivity contribution < 1.29 is 9.90 Å². The van der Waals surface area contributed by atoms with Crippen LogP contribution in [0.4, 0.5) is 5.69 Å². The molecule has 3 N–H and O–H groups in total. The van der Waals surface area contributed by atoms with Crippen molar-refractivity contribution in [3.8, 4) is 5.75 Å². The first-order valence-electron chi connectivity index (χ1n) is 5.77. The second-order valence-corrected chi connectivity index (χ2v) is 5.13. The second-order valence-electron chi connectivity index (χ2n) is 4.32. The average molecular weight is 289 g/mol. The largest absolute Gasteiger partial charge is 0.505 e. The summed E-state index contributed by atoms with van der Waals surface area (Å²) in [4.78, 5) is 11.6. The summed E-state index contributed by atoms with van der Waals surface area (Å²) in [6.07, 6.45) is 2.79. The first-order valence-corrected chi connectivity index (χ1v) is 6.53. The highest BCUT2D eigenvalue weighted by atomic mass is 35.5. The summed E-state index contributed by atoms with van der Waals surface area (Å²) in [7, 11) is 0. The summed E-state index contributed by atoms with van der Waals surface area (Å²) >= 11 is 11.5. The molecule has 0 heterocycles. The number of rotatable bonds is 5. The molecule has 4 nitrogen and oxygen atoms in total. The lowest BCUT2D eigenvalue weighted by Crippen LogP contribution is -2.23. The summed E-state index contributed by atoms with van der Waals surface area (Å²) < 4.78 is 0. The third-order valence-corrected chi connectivity index (χ3v) is 3.24. The number of phenolic OH excluding ortho intramolecular Hbond substituents is 1. The first kappa shape index (κ1) is 13.5. The third kappa shape index (κ3) is 3.77. The van der Waals surface area contributed by atoms with Crippen LogP contribution in [0, 0.1) is 0 Å². The molecule has 0 saturated heterocycles. The summed E-state index contributed by atoms with van der Waals surface area (Å²) in [5.74, 6) is -0.285. The quantitative estimate of drug-likeness (QED) is 0.730. The minimum Gasteiger partial charge on any atom is -0.505 e. The monoisotopic (exact) mass is 288 g/mol. The molecular formula is C12H14Cl2N2O2. The first-order chi connectivity index (χ1) is 8.56. The molecule has 1 aromatic rings. The van der Waals surface area contributed by atoms with E-state index in [1.165, 1.54) is 25.0 Å². The lowest BCUT2D eigenvalue weighted by Gasteiger charge is -2.08. The molecule has 0 aromatic heterocycles. The Kier molecular flexibility index (Phi) is 4.32. The standard InChI is InChI=1S/C12H14Cl2N2O2/c13-9-5-8(6-10(14)12(9)18)16-11(17)3-4-15-7-1-2-7/h5-7,15,18H,1-4H2,(H,16,17). The van der Waals surface area contributed by atoms with Crippen molar-refractivity contribution in [2.24, 2.45) is 0 Å². The second kappa shape index (κ2) is 5.78. The van der Waals surface area contributed by atoms with Gasteiger partial charge in [-0.15, -0.1) is 0 Å². The number of hydrogen-bond donors (Lipinski definition) is 3. The lowest BCUT2D eigenvalue weighted by atomic mass is 10.3. The van der Waals surface area contributed by atoms with Crippen LogP contribution in [0.2, 0.25) is 10.0 Å². The smallest absolute Gasteiger partial charge is 0.225 e. The molecule has 0 bridgehead atoms. The number of carbonyl (C=O) groups is 1. The molecular weight excluding hydrogens is 275 g/mol. The van der Waals surface area contributed by atoms with Crippen molar-refractivity contribution in [2.75, 3.05) is 11.9 Å². The number of nitrogens with one attached hydrogen (secondary N) is 2. The fourth-order valence-electron chi connectivity index (χ4n) is 1.54. The van der Waals surface area contributed by atoms with Crippen LogP contribution >= 0.6 is 23.2 Å². The highest BCUT2D eigenvalue weighted by Gasteiger charge is 2.20. The van der Waals surface area contributed by atoms with Crippen LogP contribution in [0.15, 0.2) is 12.1 Å². The Morgan fingerprint density at radius 3 is 2.50 bits per heavy atom. The van der Waals surface area contributed by atoms with E-state index >= 15 is 0 Å². The van der Waals surface area contributed by atoms with E-state index in [9.17, 15) is 9.90 Å². The predicted molar refractivity (Wildman–Crippen MR) is 72.4 cm³/mol. The van der Waals surface area contributed by atoms with E-state index in [-0.39, 0.29) is 21.7 Å². The molecule has 0 spiro atoms. The van der Waals surface area contributed by atoms with Gasteiger partial charge in [-0.05, 0) is 25.0 Å². The average Bonchev–Trinajstić information content (AvgIpc) is 3.09. The van der Waals surface area contributed by atoms with Gasteiger partial charge in [-0.3, -0.25) is 4.79 Å². The molecule has 98 valence electrons. The van der Waals surface area contributed by atoms with E-state index in [0.29, 0.717) is 24.7 Å². The molecule has 1 aromatic carbocycles. The number of benzene rings is 1. The Morgan fingerprint density at radius 1 is 1.33 bits per heavy atom. The van der Waals surface area contributed by atoms with E-state index in [0.717, 1.165) is 0 Å². The molecule has 0 aliphatic heterocycles. The van der Waals surface area contributed by atoms with Crippen LogP contribution in [0.5, 0.6) is 5.75 Å². The van der Waals surface area contributed by atoms with Gasteiger partial charge in [0.05, 0.1) is 10.0 Å². The van der Waals surface area contributed by atoms with Gasteiger partial charge in [0.2, 0.25) is 5.91 Å². The molecule has 1 amide bonds. The maximum Gasteiger partial charge on any atom is 0.225 e. The molecule has 0 atom stereocenters. The number of amides is 1. The molecule has 1 aliphatic carbocycles. The summed E-state index contributed by atoms with van der Waals surface area (Å²) in [5, 5.41) is 15.6. The van der Waals surface area contributed by atoms with E-state index in [2.05, 4.69) is 10.6 Å². The van der Waals surface area contributed by atoms with E-state index < -0.39 is 0 Å². The van der Waals surface area contributed by atoms with Crippen LogP contribution in [0.1, 0.15) is 19.3 Å². The Morgan fingerprint density at radius 2 is 1.94 bits per heavy atom. The number of aromatic hydroxyl groups is 1. The van der Waals surface area contributed by atoms with Crippen molar-refractivity contribution in [1.29, 1.82) is 0 Å². The molecule has 1 fully saturated rings. The fraction of sp³-hybridized carbons (Fsp3) is 0.417. The van der Waals surface area contributed by atoms with Gasteiger partial charge in [-0.2, -0.15) is 0 Å². The van der Waals surface area contributed by atoms with Gasteiger partial charge in [-0.25, -0.2) is 0 Å². The van der Waals surface area contributed by atoms with Crippen molar-refractivity contribution >= 4 is 34.8 Å². The van der Waals surface area contributed by atoms with Gasteiger partial charge in [0.15, 0.2) is 5.75 Å². The molecule has 2 rings (SSSR count). The Bertz CT molecular complexity index is 438. The lowest BCUT2D eigenvalue weighted by molar-refractivity contribution is -0.116. The number of halogens is 2. The topological polar surface area (TPSA) is 61.4 Å². The fourth-order valence-corrected chi connectivity index (χ4v) is 2.03. The molecule has 0 unspecified atom stereocenters. The van der Waals surface area contributed by atoms with E-state index in [4.69, 9.17) is 23.2 Å². The van der Waals surface area contributed by atoms with Crippen LogP contribution in [-0.4, -0.2) is 23.6 Å². The molecule has 18 heavy (non-hydrogen) atoms. The Labute approximate surface area is 115 Å². The normalized spacial score (nSPS) is 14.6. The van der Waals surface area contributed by atoms with Gasteiger partial charge in [0, 0.05) is 24.7 Å². The van der Waals surface area contributed by atoms with Crippen LogP contribution in [-0.2, 0) is 4.79 Å². The van der Waals surface area contributed by atoms with Crippen molar-refractivity contribution in [1.82, 2.24) is 5.32 Å². The van der Waals surface area contributed by atoms with Crippen LogP contribution < -0.4 is 10.6 Å². The molecule has 1 saturated carbocycles. The summed E-state index contributed by atoms with van der Waals surface area (Å²) in [6.45, 7) is 0.663. The molecule has 0 radical (unpaired) electrons. The SMILES string of the molecule is O=C(CCNC1CC1)Nc1cc(Cl)c(O)c(Cl)c1. The van der Waals surface area contributed by atoms with Gasteiger partial charge in [0.1, 0.15) is 0 Å². The molecule has 1 aliphatic rings. The van der Waals surface area contributed by atoms with E-state index in [1.54, 1.807) is 0 Å². The molecule has 6 heteroatoms. The third-order valence-electron chi connectivity index (χ3n) is 2.66. The van der Waals surface area contributed by atoms with Crippen molar-refractivity contribution in [3.05, 3.63) is 22.2 Å². The zero-order chi connectivity index (χ0) is 13.1. The van der Waals surface area contributed by atoms with Crippen molar-refractivity contribution in [2.45, 2.75) is 25.3 Å². The van der Waals surface area contributed by atoms with Crippen molar-refractivity contribution in [3.63, 3.8) is 0 Å². The van der Waals surface area contributed by atoms with Gasteiger partial charge in [0.25, 0.3) is 0 Å². The number of anilines is 1. The van der Waals surface area contributed by atoms with Gasteiger partial charge >= 0.3 is 0 Å². The highest BCUT2D eigenvalue weighted by Crippen LogP contribution is 2.34. The zero-order valence-electron chi connectivity index (χ0n) is 9.67. The number of carbonyl (C=O) groups excluding carboxylic acids is 1. The Hall–Kier alpha value is -0.970. The summed E-state index contributed by atoms with van der Waals surface area (Å²) in [6, 6.07) is 3.53.